The van der Waals surface area contributed by atoms with E-state index in [1.54, 1.807) is 55.0 Å². The van der Waals surface area contributed by atoms with Gasteiger partial charge in [0.25, 0.3) is 0 Å². The molecule has 36 heavy (non-hydrogen) atoms. The van der Waals surface area contributed by atoms with Gasteiger partial charge < -0.3 is 23.4 Å². The Labute approximate surface area is 217 Å². The summed E-state index contributed by atoms with van der Waals surface area (Å²) in [6.07, 6.45) is 4.69. The SMILES string of the molecule is O=C(O)[C@@H](Cc1ccccc1OCc1cnccn1)Oc1ncnc2oc(-c3ccc(Cl)o3)c(Br)c12. The Kier molecular flexibility index (Phi) is 6.83. The molecule has 0 aliphatic heterocycles. The molecule has 1 atom stereocenters. The topological polar surface area (TPSA) is 134 Å². The molecule has 0 spiro atoms. The van der Waals surface area contributed by atoms with Gasteiger partial charge in [0.2, 0.25) is 17.7 Å². The Morgan fingerprint density at radius 2 is 1.97 bits per heavy atom. The summed E-state index contributed by atoms with van der Waals surface area (Å²) in [5, 5.41) is 10.5. The predicted molar refractivity (Wildman–Crippen MR) is 131 cm³/mol. The standard InChI is InChI=1S/C24H16BrClN4O6/c25-20-19-22(29-12-30-23(19)36-21(20)16-5-6-18(26)34-16)35-17(24(31)32)9-13-3-1-2-4-15(13)33-11-14-10-27-7-8-28-14/h1-8,10,12,17H,9,11H2,(H,31,32)/t17-/m1/s1. The summed E-state index contributed by atoms with van der Waals surface area (Å²) in [5.41, 5.74) is 1.46. The van der Waals surface area contributed by atoms with Crippen LogP contribution in [0.25, 0.3) is 22.6 Å². The van der Waals surface area contributed by atoms with Crippen LogP contribution in [0.5, 0.6) is 11.6 Å². The van der Waals surface area contributed by atoms with Crippen LogP contribution in [0.15, 0.2) is 74.6 Å². The highest BCUT2D eigenvalue weighted by Crippen LogP contribution is 2.41. The summed E-state index contributed by atoms with van der Waals surface area (Å²) < 4.78 is 23.4. The van der Waals surface area contributed by atoms with Crippen LogP contribution in [0, 0.1) is 0 Å². The number of nitrogens with zero attached hydrogens (tertiary/aromatic N) is 4. The first kappa shape index (κ1) is 23.8. The number of halogens is 2. The van der Waals surface area contributed by atoms with Gasteiger partial charge in [-0.05, 0) is 51.3 Å². The van der Waals surface area contributed by atoms with Crippen molar-refractivity contribution in [1.29, 1.82) is 0 Å². The molecule has 5 rings (SSSR count). The number of hydrogen-bond acceptors (Lipinski definition) is 9. The van der Waals surface area contributed by atoms with Crippen LogP contribution in [-0.4, -0.2) is 37.1 Å². The van der Waals surface area contributed by atoms with E-state index in [4.69, 9.17) is 29.9 Å². The summed E-state index contributed by atoms with van der Waals surface area (Å²) in [5.74, 6) is 0.0389. The van der Waals surface area contributed by atoms with E-state index in [9.17, 15) is 9.90 Å². The molecule has 182 valence electrons. The van der Waals surface area contributed by atoms with Gasteiger partial charge in [-0.25, -0.2) is 14.8 Å². The highest BCUT2D eigenvalue weighted by atomic mass is 79.9. The minimum absolute atomic E-state index is 0.00753. The van der Waals surface area contributed by atoms with Gasteiger partial charge in [-0.1, -0.05) is 18.2 Å². The third-order valence-electron chi connectivity index (χ3n) is 5.09. The van der Waals surface area contributed by atoms with Gasteiger partial charge in [0.05, 0.1) is 16.4 Å². The van der Waals surface area contributed by atoms with Crippen molar-refractivity contribution >= 4 is 44.6 Å². The van der Waals surface area contributed by atoms with Gasteiger partial charge in [-0.2, -0.15) is 0 Å². The van der Waals surface area contributed by atoms with Crippen LogP contribution in [0.2, 0.25) is 5.22 Å². The number of benzene rings is 1. The zero-order valence-corrected chi connectivity index (χ0v) is 20.6. The normalized spacial score (nSPS) is 11.9. The largest absolute Gasteiger partial charge is 0.487 e. The average molecular weight is 572 g/mol. The second-order valence-corrected chi connectivity index (χ2v) is 8.62. The van der Waals surface area contributed by atoms with Crippen molar-refractivity contribution < 1.29 is 28.2 Å². The number of aliphatic carboxylic acids is 1. The van der Waals surface area contributed by atoms with E-state index in [0.717, 1.165) is 0 Å². The fraction of sp³-hybridized carbons (Fsp3) is 0.125. The first-order chi connectivity index (χ1) is 17.5. The number of ether oxygens (including phenoxy) is 2. The number of carbonyl (C=O) groups is 1. The summed E-state index contributed by atoms with van der Waals surface area (Å²) in [6.45, 7) is 0.178. The number of furan rings is 2. The highest BCUT2D eigenvalue weighted by Gasteiger charge is 2.27. The number of aromatic nitrogens is 4. The Bertz CT molecular complexity index is 1520. The second-order valence-electron chi connectivity index (χ2n) is 7.45. The van der Waals surface area contributed by atoms with Gasteiger partial charge >= 0.3 is 5.97 Å². The van der Waals surface area contributed by atoms with E-state index < -0.39 is 12.1 Å². The lowest BCUT2D eigenvalue weighted by Gasteiger charge is -2.17. The number of carboxylic acids is 1. The van der Waals surface area contributed by atoms with E-state index in [1.807, 2.05) is 0 Å². The van der Waals surface area contributed by atoms with Crippen molar-refractivity contribution in [2.45, 2.75) is 19.1 Å². The maximum absolute atomic E-state index is 12.2. The molecule has 10 nitrogen and oxygen atoms in total. The maximum Gasteiger partial charge on any atom is 0.345 e. The van der Waals surface area contributed by atoms with Crippen LogP contribution in [0.3, 0.4) is 0 Å². The number of carboxylic acid groups (broad SMARTS) is 1. The van der Waals surface area contributed by atoms with Crippen molar-refractivity contribution in [3.63, 3.8) is 0 Å². The quantitative estimate of drug-likeness (QED) is 0.247. The molecule has 0 bridgehead atoms. The molecular formula is C24H16BrClN4O6. The lowest BCUT2D eigenvalue weighted by Crippen LogP contribution is -2.30. The first-order valence-corrected chi connectivity index (χ1v) is 11.7. The van der Waals surface area contributed by atoms with Gasteiger partial charge in [0, 0.05) is 18.8 Å². The van der Waals surface area contributed by atoms with Crippen molar-refractivity contribution in [3.8, 4) is 23.1 Å². The molecule has 0 saturated heterocycles. The molecule has 0 unspecified atom stereocenters. The predicted octanol–water partition coefficient (Wildman–Crippen LogP) is 5.34. The molecule has 4 aromatic heterocycles. The van der Waals surface area contributed by atoms with Crippen LogP contribution < -0.4 is 9.47 Å². The molecule has 0 aliphatic rings. The lowest BCUT2D eigenvalue weighted by atomic mass is 10.1. The Hall–Kier alpha value is -3.96. The summed E-state index contributed by atoms with van der Waals surface area (Å²) in [4.78, 5) is 28.6. The zero-order chi connectivity index (χ0) is 25.1. The molecule has 1 aromatic carbocycles. The van der Waals surface area contributed by atoms with E-state index in [2.05, 4.69) is 35.9 Å². The van der Waals surface area contributed by atoms with Gasteiger partial charge in [-0.3, -0.25) is 9.97 Å². The van der Waals surface area contributed by atoms with Crippen LogP contribution in [-0.2, 0) is 17.8 Å². The fourth-order valence-corrected chi connectivity index (χ4v) is 4.20. The summed E-state index contributed by atoms with van der Waals surface area (Å²) in [6, 6.07) is 10.3. The smallest absolute Gasteiger partial charge is 0.345 e. The van der Waals surface area contributed by atoms with Crippen molar-refractivity contribution in [2.24, 2.45) is 0 Å². The fourth-order valence-electron chi connectivity index (χ4n) is 3.44. The Morgan fingerprint density at radius 1 is 1.11 bits per heavy atom. The molecule has 1 N–H and O–H groups in total. The molecule has 0 saturated carbocycles. The van der Waals surface area contributed by atoms with Gasteiger partial charge in [0.15, 0.2) is 16.7 Å². The molecule has 0 radical (unpaired) electrons. The molecule has 12 heteroatoms. The lowest BCUT2D eigenvalue weighted by molar-refractivity contribution is -0.145. The number of hydrogen-bond donors (Lipinski definition) is 1. The molecule has 5 aromatic rings. The zero-order valence-electron chi connectivity index (χ0n) is 18.3. The summed E-state index contributed by atoms with van der Waals surface area (Å²) in [7, 11) is 0. The molecule has 0 amide bonds. The van der Waals surface area contributed by atoms with E-state index >= 15 is 0 Å². The monoisotopic (exact) mass is 570 g/mol. The van der Waals surface area contributed by atoms with Crippen LogP contribution in [0.4, 0.5) is 0 Å². The number of fused-ring (bicyclic) bond motifs is 1. The second kappa shape index (κ2) is 10.3. The van der Waals surface area contributed by atoms with E-state index in [0.29, 0.717) is 38.4 Å². The van der Waals surface area contributed by atoms with E-state index in [1.165, 1.54) is 6.33 Å². The average Bonchev–Trinajstić information content (AvgIpc) is 3.47. The van der Waals surface area contributed by atoms with Crippen molar-refractivity contribution in [2.75, 3.05) is 0 Å². The molecular weight excluding hydrogens is 556 g/mol. The van der Waals surface area contributed by atoms with Crippen LogP contribution >= 0.6 is 27.5 Å². The third-order valence-corrected chi connectivity index (χ3v) is 6.05. The number of para-hydroxylation sites is 1. The Balaban J connectivity index is 1.41. The summed E-state index contributed by atoms with van der Waals surface area (Å²) >= 11 is 9.35. The highest BCUT2D eigenvalue weighted by molar-refractivity contribution is 9.10. The minimum Gasteiger partial charge on any atom is -0.487 e. The maximum atomic E-state index is 12.2. The van der Waals surface area contributed by atoms with Gasteiger partial charge in [-0.15, -0.1) is 0 Å². The van der Waals surface area contributed by atoms with Crippen molar-refractivity contribution in [1.82, 2.24) is 19.9 Å². The number of rotatable bonds is 9. The van der Waals surface area contributed by atoms with Gasteiger partial charge in [0.1, 0.15) is 24.1 Å². The van der Waals surface area contributed by atoms with Crippen LogP contribution in [0.1, 0.15) is 11.3 Å². The Morgan fingerprint density at radius 3 is 2.72 bits per heavy atom. The minimum atomic E-state index is -1.28. The third kappa shape index (κ3) is 5.02. The van der Waals surface area contributed by atoms with Crippen molar-refractivity contribution in [3.05, 3.63) is 82.3 Å². The molecule has 4 heterocycles. The first-order valence-electron chi connectivity index (χ1n) is 10.5. The molecule has 0 fully saturated rings. The van der Waals surface area contributed by atoms with E-state index in [-0.39, 0.29) is 29.8 Å². The molecule has 0 aliphatic carbocycles.